The minimum atomic E-state index is 0.200. The van der Waals surface area contributed by atoms with Crippen molar-refractivity contribution in [3.8, 4) is 11.5 Å². The molecule has 0 aliphatic carbocycles. The number of ether oxygens (including phenoxy) is 2. The third kappa shape index (κ3) is 2.67. The fourth-order valence-corrected chi connectivity index (χ4v) is 3.46. The van der Waals surface area contributed by atoms with E-state index in [4.69, 9.17) is 9.47 Å². The van der Waals surface area contributed by atoms with Crippen molar-refractivity contribution in [1.82, 2.24) is 5.32 Å². The first-order chi connectivity index (χ1) is 9.78. The number of rotatable bonds is 3. The van der Waals surface area contributed by atoms with Crippen molar-refractivity contribution in [2.75, 3.05) is 20.3 Å². The first-order valence-electron chi connectivity index (χ1n) is 6.91. The lowest BCUT2D eigenvalue weighted by atomic mass is 10.0. The summed E-state index contributed by atoms with van der Waals surface area (Å²) in [4.78, 5) is 2.65. The Bertz CT molecular complexity index is 594. The fraction of sp³-hybridized carbons (Fsp3) is 0.375. The van der Waals surface area contributed by atoms with E-state index in [1.165, 1.54) is 15.3 Å². The largest absolute Gasteiger partial charge is 0.490 e. The molecular weight excluding hydrogens is 270 g/mol. The normalized spacial score (nSPS) is 15.7. The standard InChI is InChI=1S/C16H19NO2S/c1-11-4-7-15(20-11)16(17-2)12-5-6-13-14(10-12)19-9-3-8-18-13/h4-7,10,16-17H,3,8-9H2,1-2H3. The van der Waals surface area contributed by atoms with E-state index in [9.17, 15) is 0 Å². The summed E-state index contributed by atoms with van der Waals surface area (Å²) in [5.41, 5.74) is 1.21. The van der Waals surface area contributed by atoms with Gasteiger partial charge in [0.15, 0.2) is 11.5 Å². The molecular formula is C16H19NO2S. The highest BCUT2D eigenvalue weighted by Crippen LogP contribution is 2.35. The molecule has 0 radical (unpaired) electrons. The zero-order chi connectivity index (χ0) is 13.9. The van der Waals surface area contributed by atoms with Crippen LogP contribution in [0.15, 0.2) is 30.3 Å². The summed E-state index contributed by atoms with van der Waals surface area (Å²) < 4.78 is 11.5. The third-order valence-corrected chi connectivity index (χ3v) is 4.50. The Morgan fingerprint density at radius 2 is 1.90 bits per heavy atom. The van der Waals surface area contributed by atoms with Gasteiger partial charge in [-0.2, -0.15) is 0 Å². The summed E-state index contributed by atoms with van der Waals surface area (Å²) in [5.74, 6) is 1.71. The van der Waals surface area contributed by atoms with Crippen molar-refractivity contribution in [3.05, 3.63) is 45.6 Å². The third-order valence-electron chi connectivity index (χ3n) is 3.44. The average Bonchev–Trinajstić information content (AvgIpc) is 2.75. The van der Waals surface area contributed by atoms with Crippen molar-refractivity contribution < 1.29 is 9.47 Å². The van der Waals surface area contributed by atoms with Crippen LogP contribution in [-0.4, -0.2) is 20.3 Å². The molecule has 3 nitrogen and oxygen atoms in total. The molecule has 1 unspecified atom stereocenters. The molecule has 0 saturated heterocycles. The fourth-order valence-electron chi connectivity index (χ4n) is 2.44. The lowest BCUT2D eigenvalue weighted by Crippen LogP contribution is -2.16. The van der Waals surface area contributed by atoms with Crippen LogP contribution in [0.25, 0.3) is 0 Å². The molecule has 0 bridgehead atoms. The zero-order valence-corrected chi connectivity index (χ0v) is 12.6. The molecule has 1 atom stereocenters. The molecule has 1 aromatic carbocycles. The van der Waals surface area contributed by atoms with E-state index in [-0.39, 0.29) is 6.04 Å². The van der Waals surface area contributed by atoms with E-state index in [1.807, 2.05) is 24.5 Å². The number of aryl methyl sites for hydroxylation is 1. The summed E-state index contributed by atoms with van der Waals surface area (Å²) in [6.07, 6.45) is 0.934. The van der Waals surface area contributed by atoms with Crippen LogP contribution in [0, 0.1) is 6.92 Å². The van der Waals surface area contributed by atoms with Gasteiger partial charge in [-0.25, -0.2) is 0 Å². The number of nitrogens with one attached hydrogen (secondary N) is 1. The molecule has 3 rings (SSSR count). The topological polar surface area (TPSA) is 30.5 Å². The molecule has 20 heavy (non-hydrogen) atoms. The average molecular weight is 289 g/mol. The molecule has 0 fully saturated rings. The summed E-state index contributed by atoms with van der Waals surface area (Å²) >= 11 is 1.82. The molecule has 0 amide bonds. The number of thiophene rings is 1. The van der Waals surface area contributed by atoms with Gasteiger partial charge in [0.25, 0.3) is 0 Å². The van der Waals surface area contributed by atoms with Crippen LogP contribution in [0.3, 0.4) is 0 Å². The van der Waals surface area contributed by atoms with E-state index >= 15 is 0 Å². The van der Waals surface area contributed by atoms with Crippen LogP contribution < -0.4 is 14.8 Å². The van der Waals surface area contributed by atoms with Gasteiger partial charge in [0.1, 0.15) is 0 Å². The second-order valence-electron chi connectivity index (χ2n) is 4.93. The number of fused-ring (bicyclic) bond motifs is 1. The number of benzene rings is 1. The Hall–Kier alpha value is -1.52. The van der Waals surface area contributed by atoms with Crippen molar-refractivity contribution >= 4 is 11.3 Å². The van der Waals surface area contributed by atoms with Crippen LogP contribution in [-0.2, 0) is 0 Å². The van der Waals surface area contributed by atoms with Gasteiger partial charge in [-0.1, -0.05) is 6.07 Å². The van der Waals surface area contributed by atoms with Crippen LogP contribution in [0.2, 0.25) is 0 Å². The van der Waals surface area contributed by atoms with E-state index in [0.717, 1.165) is 31.1 Å². The van der Waals surface area contributed by atoms with Gasteiger partial charge in [-0.15, -0.1) is 11.3 Å². The SMILES string of the molecule is CNC(c1ccc2c(c1)OCCCO2)c1ccc(C)s1. The molecule has 2 aromatic rings. The monoisotopic (exact) mass is 289 g/mol. The molecule has 106 valence electrons. The summed E-state index contributed by atoms with van der Waals surface area (Å²) in [7, 11) is 1.99. The minimum Gasteiger partial charge on any atom is -0.490 e. The predicted octanol–water partition coefficient (Wildman–Crippen LogP) is 3.53. The van der Waals surface area contributed by atoms with Crippen molar-refractivity contribution in [2.45, 2.75) is 19.4 Å². The van der Waals surface area contributed by atoms with Gasteiger partial charge in [-0.05, 0) is 43.8 Å². The van der Waals surface area contributed by atoms with E-state index in [2.05, 4.69) is 36.5 Å². The molecule has 0 spiro atoms. The number of hydrogen-bond acceptors (Lipinski definition) is 4. The lowest BCUT2D eigenvalue weighted by Gasteiger charge is -2.17. The molecule has 1 aliphatic heterocycles. The highest BCUT2D eigenvalue weighted by Gasteiger charge is 2.17. The smallest absolute Gasteiger partial charge is 0.161 e. The van der Waals surface area contributed by atoms with E-state index in [1.54, 1.807) is 0 Å². The van der Waals surface area contributed by atoms with Gasteiger partial charge in [0.05, 0.1) is 19.3 Å². The maximum absolute atomic E-state index is 5.78. The van der Waals surface area contributed by atoms with Gasteiger partial charge >= 0.3 is 0 Å². The Morgan fingerprint density at radius 3 is 2.60 bits per heavy atom. The second-order valence-corrected chi connectivity index (χ2v) is 6.25. The van der Waals surface area contributed by atoms with Crippen LogP contribution in [0.5, 0.6) is 11.5 Å². The molecule has 1 aromatic heterocycles. The summed E-state index contributed by atoms with van der Waals surface area (Å²) in [5, 5.41) is 3.38. The van der Waals surface area contributed by atoms with Crippen molar-refractivity contribution in [1.29, 1.82) is 0 Å². The Balaban J connectivity index is 1.94. The van der Waals surface area contributed by atoms with Crippen molar-refractivity contribution in [2.24, 2.45) is 0 Å². The van der Waals surface area contributed by atoms with Crippen LogP contribution >= 0.6 is 11.3 Å². The lowest BCUT2D eigenvalue weighted by molar-refractivity contribution is 0.297. The Kier molecular flexibility index (Phi) is 3.94. The second kappa shape index (κ2) is 5.85. The van der Waals surface area contributed by atoms with Gasteiger partial charge in [0.2, 0.25) is 0 Å². The highest BCUT2D eigenvalue weighted by atomic mass is 32.1. The summed E-state index contributed by atoms with van der Waals surface area (Å²) in [6, 6.07) is 10.8. The van der Waals surface area contributed by atoms with Crippen molar-refractivity contribution in [3.63, 3.8) is 0 Å². The molecule has 1 N–H and O–H groups in total. The zero-order valence-electron chi connectivity index (χ0n) is 11.8. The first-order valence-corrected chi connectivity index (χ1v) is 7.73. The Labute approximate surface area is 123 Å². The van der Waals surface area contributed by atoms with Crippen LogP contribution in [0.1, 0.15) is 27.8 Å². The molecule has 2 heterocycles. The quantitative estimate of drug-likeness (QED) is 0.937. The van der Waals surface area contributed by atoms with E-state index in [0.29, 0.717) is 0 Å². The highest BCUT2D eigenvalue weighted by molar-refractivity contribution is 7.12. The number of hydrogen-bond donors (Lipinski definition) is 1. The first kappa shape index (κ1) is 13.5. The van der Waals surface area contributed by atoms with Gasteiger partial charge < -0.3 is 14.8 Å². The predicted molar refractivity (Wildman–Crippen MR) is 82.0 cm³/mol. The maximum atomic E-state index is 5.78. The Morgan fingerprint density at radius 1 is 1.10 bits per heavy atom. The maximum Gasteiger partial charge on any atom is 0.161 e. The van der Waals surface area contributed by atoms with Gasteiger partial charge in [0, 0.05) is 16.2 Å². The van der Waals surface area contributed by atoms with Gasteiger partial charge in [-0.3, -0.25) is 0 Å². The van der Waals surface area contributed by atoms with E-state index < -0.39 is 0 Å². The minimum absolute atomic E-state index is 0.200. The molecule has 1 aliphatic rings. The molecule has 4 heteroatoms. The molecule has 0 saturated carbocycles. The summed E-state index contributed by atoms with van der Waals surface area (Å²) in [6.45, 7) is 3.58. The van der Waals surface area contributed by atoms with Crippen LogP contribution in [0.4, 0.5) is 0 Å².